The van der Waals surface area contributed by atoms with Gasteiger partial charge in [-0.15, -0.1) is 3.94 Å². The van der Waals surface area contributed by atoms with Gasteiger partial charge in [-0.3, -0.25) is 9.36 Å². The smallest absolute Gasteiger partial charge is 0.325 e. The first-order valence-corrected chi connectivity index (χ1v) is 6.09. The van der Waals surface area contributed by atoms with Crippen molar-refractivity contribution in [2.75, 3.05) is 6.16 Å². The first-order chi connectivity index (χ1) is 6.24. The van der Waals surface area contributed by atoms with E-state index in [1.807, 2.05) is 0 Å². The molecule has 0 bridgehead atoms. The second kappa shape index (κ2) is 5.90. The van der Waals surface area contributed by atoms with Crippen molar-refractivity contribution in [3.05, 3.63) is 0 Å². The summed E-state index contributed by atoms with van der Waals surface area (Å²) in [4.78, 5) is 27.5. The number of halogens is 2. The highest BCUT2D eigenvalue weighted by Crippen LogP contribution is 2.35. The fourth-order valence-corrected chi connectivity index (χ4v) is 1.75. The molecule has 0 aliphatic heterocycles. The van der Waals surface area contributed by atoms with Crippen LogP contribution in [-0.4, -0.2) is 37.0 Å². The van der Waals surface area contributed by atoms with E-state index in [9.17, 15) is 9.36 Å². The molecule has 0 unspecified atom stereocenters. The number of hydrogen-bond acceptors (Lipinski definition) is 3. The highest BCUT2D eigenvalue weighted by atomic mass is 35.5. The van der Waals surface area contributed by atoms with Crippen molar-refractivity contribution in [3.8, 4) is 0 Å². The maximum atomic E-state index is 10.5. The summed E-state index contributed by atoms with van der Waals surface area (Å²) < 4.78 is 10.9. The van der Waals surface area contributed by atoms with Gasteiger partial charge < -0.3 is 14.9 Å². The van der Waals surface area contributed by atoms with E-state index in [1.54, 1.807) is 0 Å². The van der Waals surface area contributed by atoms with Gasteiger partial charge in [0.25, 0.3) is 0 Å². The van der Waals surface area contributed by atoms with Crippen LogP contribution in [-0.2, 0) is 9.36 Å². The highest BCUT2D eigenvalue weighted by Gasteiger charge is 2.24. The summed E-state index contributed by atoms with van der Waals surface area (Å²) >= 11 is 10.4. The van der Waals surface area contributed by atoms with Gasteiger partial charge in [0, 0.05) is 6.16 Å². The number of hydrogen-bond donors (Lipinski definition) is 3. The van der Waals surface area contributed by atoms with E-state index in [0.717, 1.165) is 0 Å². The molecule has 0 aliphatic rings. The van der Waals surface area contributed by atoms with Crippen molar-refractivity contribution in [3.63, 3.8) is 0 Å². The van der Waals surface area contributed by atoms with Crippen LogP contribution < -0.4 is 0 Å². The fraction of sp³-hybridized carbons (Fsp3) is 0.800. The molecule has 14 heavy (non-hydrogen) atoms. The van der Waals surface area contributed by atoms with Crippen molar-refractivity contribution in [1.29, 1.82) is 0 Å². The molecule has 0 aliphatic carbocycles. The molecular formula is C5H10Cl2NO5P. The second-order valence-electron chi connectivity index (χ2n) is 2.64. The van der Waals surface area contributed by atoms with Gasteiger partial charge in [0.2, 0.25) is 0 Å². The lowest BCUT2D eigenvalue weighted by Gasteiger charge is -2.14. The molecule has 6 nitrogen and oxygen atoms in total. The van der Waals surface area contributed by atoms with Gasteiger partial charge in [-0.2, -0.15) is 0 Å². The van der Waals surface area contributed by atoms with Gasteiger partial charge >= 0.3 is 13.6 Å². The Kier molecular flexibility index (Phi) is 5.97. The zero-order chi connectivity index (χ0) is 11.4. The molecule has 9 heteroatoms. The molecule has 0 radical (unpaired) electrons. The Morgan fingerprint density at radius 1 is 1.43 bits per heavy atom. The summed E-state index contributed by atoms with van der Waals surface area (Å²) in [6, 6.07) is -1.15. The van der Waals surface area contributed by atoms with Crippen LogP contribution in [0.1, 0.15) is 12.8 Å². The molecule has 84 valence electrons. The van der Waals surface area contributed by atoms with Gasteiger partial charge in [0.05, 0.1) is 0 Å². The van der Waals surface area contributed by atoms with E-state index >= 15 is 0 Å². The SMILES string of the molecule is O=C(O)[C@@H](CCCP(=O)(O)O)N(Cl)Cl. The Bertz CT molecular complexity index is 242. The predicted molar refractivity (Wildman–Crippen MR) is 51.1 cm³/mol. The topological polar surface area (TPSA) is 98.1 Å². The van der Waals surface area contributed by atoms with Gasteiger partial charge in [-0.1, -0.05) is 0 Å². The predicted octanol–water partition coefficient (Wildman–Crippen LogP) is 1.01. The fourth-order valence-electron chi connectivity index (χ4n) is 0.795. The Hall–Kier alpha value is 0.160. The average molecular weight is 266 g/mol. The number of carboxylic acid groups (broad SMARTS) is 1. The Labute approximate surface area is 90.8 Å². The standard InChI is InChI=1S/C5H10Cl2NO5P/c6-8(7)4(5(9)10)2-1-3-14(11,12)13/h4H,1-3H2,(H,9,10)(H2,11,12,13)/t4-/m1/s1. The van der Waals surface area contributed by atoms with E-state index in [0.29, 0.717) is 3.94 Å². The molecule has 0 amide bonds. The molecule has 1 atom stereocenters. The molecule has 0 aromatic carbocycles. The number of carbonyl (C=O) groups is 1. The zero-order valence-corrected chi connectivity index (χ0v) is 9.41. The minimum atomic E-state index is -4.08. The van der Waals surface area contributed by atoms with E-state index < -0.39 is 19.6 Å². The first-order valence-electron chi connectivity index (χ1n) is 3.62. The van der Waals surface area contributed by atoms with Gasteiger partial charge in [-0.05, 0) is 36.4 Å². The maximum absolute atomic E-state index is 10.5. The lowest BCUT2D eigenvalue weighted by Crippen LogP contribution is -2.29. The molecule has 0 saturated heterocycles. The number of carboxylic acids is 1. The lowest BCUT2D eigenvalue weighted by molar-refractivity contribution is -0.140. The van der Waals surface area contributed by atoms with Crippen LogP contribution in [0.25, 0.3) is 0 Å². The van der Waals surface area contributed by atoms with Crippen LogP contribution in [0.4, 0.5) is 0 Å². The summed E-state index contributed by atoms with van der Waals surface area (Å²) in [7, 11) is -4.08. The minimum absolute atomic E-state index is 0.0204. The van der Waals surface area contributed by atoms with Crippen LogP contribution in [0.3, 0.4) is 0 Å². The molecule has 0 spiro atoms. The number of nitrogens with zero attached hydrogens (tertiary/aromatic N) is 1. The van der Waals surface area contributed by atoms with Crippen LogP contribution in [0, 0.1) is 0 Å². The van der Waals surface area contributed by atoms with Gasteiger partial charge in [-0.25, -0.2) is 0 Å². The third-order valence-electron chi connectivity index (χ3n) is 1.45. The molecule has 0 aromatic heterocycles. The van der Waals surface area contributed by atoms with Crippen LogP contribution in [0.5, 0.6) is 0 Å². The van der Waals surface area contributed by atoms with Crippen LogP contribution >= 0.6 is 31.1 Å². The molecule has 0 heterocycles. The molecular weight excluding hydrogens is 256 g/mol. The van der Waals surface area contributed by atoms with Crippen molar-refractivity contribution in [1.82, 2.24) is 3.94 Å². The third-order valence-corrected chi connectivity index (χ3v) is 2.82. The van der Waals surface area contributed by atoms with E-state index in [2.05, 4.69) is 0 Å². The monoisotopic (exact) mass is 265 g/mol. The van der Waals surface area contributed by atoms with E-state index in [-0.39, 0.29) is 19.0 Å². The molecule has 3 N–H and O–H groups in total. The molecule has 0 rings (SSSR count). The molecule has 0 fully saturated rings. The summed E-state index contributed by atoms with van der Waals surface area (Å²) in [6.07, 6.45) is -0.358. The summed E-state index contributed by atoms with van der Waals surface area (Å²) in [6.45, 7) is 0. The minimum Gasteiger partial charge on any atom is -0.480 e. The molecule has 0 saturated carbocycles. The average Bonchev–Trinajstić information content (AvgIpc) is 1.94. The number of rotatable bonds is 6. The van der Waals surface area contributed by atoms with Gasteiger partial charge in [0.1, 0.15) is 6.04 Å². The van der Waals surface area contributed by atoms with Crippen molar-refractivity contribution < 1.29 is 24.3 Å². The van der Waals surface area contributed by atoms with Crippen LogP contribution in [0.2, 0.25) is 0 Å². The Morgan fingerprint density at radius 3 is 2.21 bits per heavy atom. The quantitative estimate of drug-likeness (QED) is 0.490. The second-order valence-corrected chi connectivity index (χ2v) is 5.32. The normalized spacial score (nSPS) is 14.4. The summed E-state index contributed by atoms with van der Waals surface area (Å²) in [5, 5.41) is 8.57. The largest absolute Gasteiger partial charge is 0.480 e. The first kappa shape index (κ1) is 14.2. The molecule has 0 aromatic rings. The maximum Gasteiger partial charge on any atom is 0.325 e. The van der Waals surface area contributed by atoms with E-state index in [1.165, 1.54) is 0 Å². The van der Waals surface area contributed by atoms with Gasteiger partial charge in [0.15, 0.2) is 0 Å². The van der Waals surface area contributed by atoms with Crippen LogP contribution in [0.15, 0.2) is 0 Å². The third kappa shape index (κ3) is 6.59. The van der Waals surface area contributed by atoms with Crippen molar-refractivity contribution in [2.45, 2.75) is 18.9 Å². The number of aliphatic carboxylic acids is 1. The lowest BCUT2D eigenvalue weighted by atomic mass is 10.2. The van der Waals surface area contributed by atoms with E-state index in [4.69, 9.17) is 38.4 Å². The Balaban J connectivity index is 3.97. The summed E-state index contributed by atoms with van der Waals surface area (Å²) in [5.41, 5.74) is 0. The van der Waals surface area contributed by atoms with Crippen molar-refractivity contribution >= 4 is 37.1 Å². The summed E-state index contributed by atoms with van der Waals surface area (Å²) in [5.74, 6) is -1.24. The highest BCUT2D eigenvalue weighted by molar-refractivity contribution is 7.51. The Morgan fingerprint density at radius 2 is 1.93 bits per heavy atom. The van der Waals surface area contributed by atoms with Crippen molar-refractivity contribution in [2.24, 2.45) is 0 Å². The zero-order valence-electron chi connectivity index (χ0n) is 7.01.